The molecule has 4 amide bonds. The maximum absolute atomic E-state index is 13.0. The van der Waals surface area contributed by atoms with Gasteiger partial charge in [0.2, 0.25) is 11.8 Å². The van der Waals surface area contributed by atoms with E-state index in [0.29, 0.717) is 12.0 Å². The van der Waals surface area contributed by atoms with Gasteiger partial charge in [0.15, 0.2) is 0 Å². The molecule has 3 aliphatic rings. The van der Waals surface area contributed by atoms with Crippen molar-refractivity contribution in [1.82, 2.24) is 20.0 Å². The lowest BCUT2D eigenvalue weighted by Gasteiger charge is -2.36. The number of aromatic nitrogens is 2. The van der Waals surface area contributed by atoms with Crippen LogP contribution in [0.25, 0.3) is 10.9 Å². The molecule has 2 aromatic carbocycles. The van der Waals surface area contributed by atoms with Crippen molar-refractivity contribution in [1.29, 1.82) is 0 Å². The predicted molar refractivity (Wildman–Crippen MR) is 128 cm³/mol. The number of para-hydroxylation sites is 1. The van der Waals surface area contributed by atoms with Crippen LogP contribution < -0.4 is 10.6 Å². The van der Waals surface area contributed by atoms with Crippen LogP contribution in [0.15, 0.2) is 42.5 Å². The Balaban J connectivity index is 1.10. The highest BCUT2D eigenvalue weighted by molar-refractivity contribution is 6.23. The van der Waals surface area contributed by atoms with Crippen molar-refractivity contribution in [2.75, 3.05) is 11.9 Å². The minimum Gasteiger partial charge on any atom is -0.385 e. The molecule has 0 radical (unpaired) electrons. The van der Waals surface area contributed by atoms with Gasteiger partial charge < -0.3 is 5.32 Å². The number of imide groups is 2. The molecule has 2 aliphatic heterocycles. The molecule has 1 unspecified atom stereocenters. The Hall–Kier alpha value is -4.01. The molecule has 2 N–H and O–H groups in total. The average molecular weight is 472 g/mol. The summed E-state index contributed by atoms with van der Waals surface area (Å²) in [6.45, 7) is 2.80. The minimum absolute atomic E-state index is 0.104. The van der Waals surface area contributed by atoms with Gasteiger partial charge >= 0.3 is 0 Å². The van der Waals surface area contributed by atoms with Crippen molar-refractivity contribution in [2.24, 2.45) is 5.92 Å². The van der Waals surface area contributed by atoms with Crippen LogP contribution in [0.5, 0.6) is 0 Å². The third-order valence-electron chi connectivity index (χ3n) is 7.39. The second kappa shape index (κ2) is 8.04. The zero-order chi connectivity index (χ0) is 24.3. The summed E-state index contributed by atoms with van der Waals surface area (Å²) in [6, 6.07) is 12.8. The highest BCUT2D eigenvalue weighted by atomic mass is 16.2. The van der Waals surface area contributed by atoms with Crippen LogP contribution in [0.2, 0.25) is 0 Å². The highest BCUT2D eigenvalue weighted by Gasteiger charge is 2.44. The summed E-state index contributed by atoms with van der Waals surface area (Å²) in [5.74, 6) is -1.49. The fourth-order valence-electron chi connectivity index (χ4n) is 5.44. The maximum Gasteiger partial charge on any atom is 0.262 e. The number of piperidine rings is 1. The van der Waals surface area contributed by atoms with Crippen LogP contribution in [0.3, 0.4) is 0 Å². The number of nitrogens with one attached hydrogen (secondary N) is 2. The first kappa shape index (κ1) is 21.5. The second-order valence-electron chi connectivity index (χ2n) is 9.63. The summed E-state index contributed by atoms with van der Waals surface area (Å²) >= 11 is 0. The van der Waals surface area contributed by atoms with E-state index >= 15 is 0 Å². The summed E-state index contributed by atoms with van der Waals surface area (Å²) in [7, 11) is 0. The van der Waals surface area contributed by atoms with Crippen molar-refractivity contribution in [2.45, 2.75) is 44.7 Å². The van der Waals surface area contributed by atoms with Crippen LogP contribution in [0.1, 0.15) is 58.1 Å². The van der Waals surface area contributed by atoms with Gasteiger partial charge in [0.05, 0.1) is 28.4 Å². The van der Waals surface area contributed by atoms with Crippen molar-refractivity contribution >= 4 is 40.2 Å². The Morgan fingerprint density at radius 2 is 1.80 bits per heavy atom. The number of carbonyl (C=O) groups excluding carboxylic acids is 4. The van der Waals surface area contributed by atoms with Gasteiger partial charge in [0.1, 0.15) is 6.04 Å². The predicted octanol–water partition coefficient (Wildman–Crippen LogP) is 2.81. The topological polar surface area (TPSA) is 113 Å². The number of amides is 4. The first-order chi connectivity index (χ1) is 16.9. The van der Waals surface area contributed by atoms with Crippen molar-refractivity contribution in [3.05, 3.63) is 59.3 Å². The molecule has 9 heteroatoms. The number of rotatable bonds is 5. The number of aryl methyl sites for hydroxylation is 1. The summed E-state index contributed by atoms with van der Waals surface area (Å²) in [5, 5.41) is 11.6. The normalized spacial score (nSPS) is 23.9. The van der Waals surface area contributed by atoms with Gasteiger partial charge in [-0.1, -0.05) is 18.2 Å². The minimum atomic E-state index is -0.953. The molecule has 3 aromatic rings. The van der Waals surface area contributed by atoms with Crippen LogP contribution >= 0.6 is 0 Å². The van der Waals surface area contributed by atoms with E-state index < -0.39 is 23.8 Å². The molecule has 9 nitrogen and oxygen atoms in total. The van der Waals surface area contributed by atoms with Gasteiger partial charge in [0.25, 0.3) is 11.8 Å². The smallest absolute Gasteiger partial charge is 0.262 e. The lowest BCUT2D eigenvalue weighted by atomic mass is 9.80. The maximum atomic E-state index is 13.0. The largest absolute Gasteiger partial charge is 0.385 e. The number of hydrogen-bond acceptors (Lipinski definition) is 6. The van der Waals surface area contributed by atoms with Gasteiger partial charge in [-0.25, -0.2) is 0 Å². The molecular formula is C26H25N5O4. The SMILES string of the molecule is Cc1nn(C2CC(CNc3ccc4c(c3)C(=O)N(C3CCC(=O)NC3=O)C4=O)C2)c2ccccc12. The first-order valence-corrected chi connectivity index (χ1v) is 11.9. The monoisotopic (exact) mass is 471 g/mol. The Bertz CT molecular complexity index is 1400. The zero-order valence-electron chi connectivity index (χ0n) is 19.3. The van der Waals surface area contributed by atoms with Gasteiger partial charge in [-0.05, 0) is 56.4 Å². The molecule has 1 saturated heterocycles. The molecule has 1 aliphatic carbocycles. The number of carbonyl (C=O) groups is 4. The van der Waals surface area contributed by atoms with Gasteiger partial charge in [-0.3, -0.25) is 34.1 Å². The molecule has 1 atom stereocenters. The Morgan fingerprint density at radius 3 is 2.60 bits per heavy atom. The summed E-state index contributed by atoms with van der Waals surface area (Å²) in [6.07, 6.45) is 2.29. The van der Waals surface area contributed by atoms with Crippen molar-refractivity contribution in [3.8, 4) is 0 Å². The van der Waals surface area contributed by atoms with Crippen LogP contribution in [-0.2, 0) is 9.59 Å². The molecule has 1 aromatic heterocycles. The average Bonchev–Trinajstić information content (AvgIpc) is 3.27. The van der Waals surface area contributed by atoms with Crippen molar-refractivity contribution in [3.63, 3.8) is 0 Å². The lowest BCUT2D eigenvalue weighted by Crippen LogP contribution is -2.54. The Labute approximate surface area is 201 Å². The second-order valence-corrected chi connectivity index (χ2v) is 9.63. The summed E-state index contributed by atoms with van der Waals surface area (Å²) < 4.78 is 2.14. The van der Waals surface area contributed by atoms with Crippen molar-refractivity contribution < 1.29 is 19.2 Å². The number of nitrogens with zero attached hydrogens (tertiary/aromatic N) is 3. The quantitative estimate of drug-likeness (QED) is 0.554. The zero-order valence-corrected chi connectivity index (χ0v) is 19.3. The third-order valence-corrected chi connectivity index (χ3v) is 7.39. The number of benzene rings is 2. The fourth-order valence-corrected chi connectivity index (χ4v) is 5.44. The molecule has 2 fully saturated rings. The summed E-state index contributed by atoms with van der Waals surface area (Å²) in [4.78, 5) is 50.5. The fraction of sp³-hybridized carbons (Fsp3) is 0.346. The molecule has 35 heavy (non-hydrogen) atoms. The third kappa shape index (κ3) is 3.50. The van der Waals surface area contributed by atoms with E-state index in [-0.39, 0.29) is 29.9 Å². The molecule has 6 rings (SSSR count). The van der Waals surface area contributed by atoms with Gasteiger partial charge in [-0.2, -0.15) is 5.10 Å². The van der Waals surface area contributed by atoms with Crippen LogP contribution in [-0.4, -0.2) is 50.9 Å². The Kier molecular flexibility index (Phi) is 4.94. The van der Waals surface area contributed by atoms with Crippen LogP contribution in [0, 0.1) is 12.8 Å². The number of anilines is 1. The van der Waals surface area contributed by atoms with Gasteiger partial charge in [-0.15, -0.1) is 0 Å². The van der Waals surface area contributed by atoms with E-state index in [2.05, 4.69) is 27.4 Å². The van der Waals surface area contributed by atoms with E-state index in [1.807, 2.05) is 19.1 Å². The molecule has 0 bridgehead atoms. The Morgan fingerprint density at radius 1 is 1.03 bits per heavy atom. The molecule has 178 valence electrons. The highest BCUT2D eigenvalue weighted by Crippen LogP contribution is 2.40. The van der Waals surface area contributed by atoms with E-state index in [9.17, 15) is 19.2 Å². The number of fused-ring (bicyclic) bond motifs is 2. The molecular weight excluding hydrogens is 446 g/mol. The van der Waals surface area contributed by atoms with E-state index in [1.54, 1.807) is 18.2 Å². The molecule has 0 spiro atoms. The van der Waals surface area contributed by atoms with E-state index in [1.165, 1.54) is 10.9 Å². The van der Waals surface area contributed by atoms with E-state index in [4.69, 9.17) is 5.10 Å². The van der Waals surface area contributed by atoms with Gasteiger partial charge in [0, 0.05) is 24.0 Å². The standard InChI is InChI=1S/C26H25N5O4/c1-14-18-4-2-3-5-21(18)31(29-14)17-10-15(11-17)13-27-16-6-7-19-20(12-16)26(35)30(25(19)34)22-8-9-23(32)28-24(22)33/h2-7,12,15,17,22,27H,8-11,13H2,1H3,(H,28,32,33). The molecule has 3 heterocycles. The van der Waals surface area contributed by atoms with Crippen LogP contribution in [0.4, 0.5) is 5.69 Å². The van der Waals surface area contributed by atoms with E-state index in [0.717, 1.165) is 35.7 Å². The summed E-state index contributed by atoms with van der Waals surface area (Å²) in [5.41, 5.74) is 3.55. The number of hydrogen-bond donors (Lipinski definition) is 2. The lowest BCUT2D eigenvalue weighted by molar-refractivity contribution is -0.136. The first-order valence-electron chi connectivity index (χ1n) is 11.9. The molecule has 1 saturated carbocycles.